The van der Waals surface area contributed by atoms with Gasteiger partial charge in [-0.3, -0.25) is 9.48 Å². The number of hydrogen-bond acceptors (Lipinski definition) is 2. The molecular weight excluding hydrogens is 387 g/mol. The number of amides is 1. The highest BCUT2D eigenvalue weighted by Gasteiger charge is 2.37. The fourth-order valence-electron chi connectivity index (χ4n) is 2.27. The van der Waals surface area contributed by atoms with Crippen LogP contribution in [0.1, 0.15) is 36.3 Å². The molecule has 1 unspecified atom stereocenters. The van der Waals surface area contributed by atoms with Crippen molar-refractivity contribution in [3.8, 4) is 0 Å². The quantitative estimate of drug-likeness (QED) is 0.811. The molecule has 24 heavy (non-hydrogen) atoms. The Morgan fingerprint density at radius 3 is 2.50 bits per heavy atom. The van der Waals surface area contributed by atoms with Gasteiger partial charge >= 0.3 is 6.18 Å². The maximum Gasteiger partial charge on any atom is 0.436 e. The van der Waals surface area contributed by atoms with Crippen molar-refractivity contribution in [1.29, 1.82) is 0 Å². The van der Waals surface area contributed by atoms with Gasteiger partial charge in [0, 0.05) is 6.42 Å². The van der Waals surface area contributed by atoms with Crippen LogP contribution in [-0.4, -0.2) is 15.7 Å². The van der Waals surface area contributed by atoms with Crippen LogP contribution in [0.15, 0.2) is 34.8 Å². The number of aryl methyl sites for hydroxylation is 1. The third-order valence-electron chi connectivity index (χ3n) is 3.63. The van der Waals surface area contributed by atoms with E-state index in [1.807, 2.05) is 37.3 Å². The molecule has 2 rings (SSSR count). The highest BCUT2D eigenvalue weighted by Crippen LogP contribution is 2.35. The lowest BCUT2D eigenvalue weighted by molar-refractivity contribution is -0.142. The first kappa shape index (κ1) is 18.5. The minimum absolute atomic E-state index is 0.0451. The highest BCUT2D eigenvalue weighted by atomic mass is 79.9. The third-order valence-corrected chi connectivity index (χ3v) is 4.58. The van der Waals surface area contributed by atoms with Crippen molar-refractivity contribution in [3.63, 3.8) is 0 Å². The third kappa shape index (κ3) is 4.37. The van der Waals surface area contributed by atoms with E-state index in [-0.39, 0.29) is 29.4 Å². The van der Waals surface area contributed by atoms with Gasteiger partial charge in [-0.25, -0.2) is 0 Å². The number of hydrogen-bond donors (Lipinski definition) is 1. The van der Waals surface area contributed by atoms with Crippen LogP contribution in [0, 0.1) is 6.92 Å². The molecule has 1 aromatic carbocycles. The normalized spacial score (nSPS) is 12.9. The molecule has 0 spiro atoms. The number of halogens is 4. The van der Waals surface area contributed by atoms with E-state index in [0.29, 0.717) is 5.69 Å². The lowest BCUT2D eigenvalue weighted by Crippen LogP contribution is -2.27. The van der Waals surface area contributed by atoms with Crippen molar-refractivity contribution in [3.05, 3.63) is 51.8 Å². The smallest absolute Gasteiger partial charge is 0.350 e. The zero-order chi connectivity index (χ0) is 17.9. The Balaban J connectivity index is 1.97. The monoisotopic (exact) mass is 403 g/mol. The van der Waals surface area contributed by atoms with Crippen LogP contribution in [0.25, 0.3) is 0 Å². The molecule has 0 aliphatic rings. The van der Waals surface area contributed by atoms with E-state index in [0.717, 1.165) is 5.56 Å². The molecule has 1 aromatic heterocycles. The molecule has 0 saturated heterocycles. The van der Waals surface area contributed by atoms with Gasteiger partial charge in [-0.15, -0.1) is 0 Å². The highest BCUT2D eigenvalue weighted by molar-refractivity contribution is 9.10. The summed E-state index contributed by atoms with van der Waals surface area (Å²) in [5, 5.41) is 6.38. The van der Waals surface area contributed by atoms with Crippen molar-refractivity contribution in [2.75, 3.05) is 0 Å². The summed E-state index contributed by atoms with van der Waals surface area (Å²) in [4.78, 5) is 12.0. The molecule has 2 aromatic rings. The Bertz CT molecular complexity index is 713. The summed E-state index contributed by atoms with van der Waals surface area (Å²) in [5.41, 5.74) is 0.326. The number of rotatable bonds is 5. The Labute approximate surface area is 146 Å². The predicted octanol–water partition coefficient (Wildman–Crippen LogP) is 4.24. The standard InChI is InChI=1S/C16H17BrF3N3O/c1-10(12-6-4-3-5-7-12)21-13(24)8-9-23-11(2)14(17)15(22-23)16(18,19)20/h3-7,10H,8-9H2,1-2H3,(H,21,24). The fourth-order valence-corrected chi connectivity index (χ4v) is 2.78. The van der Waals surface area contributed by atoms with Gasteiger partial charge in [0.1, 0.15) is 0 Å². The molecule has 1 N–H and O–H groups in total. The molecule has 4 nitrogen and oxygen atoms in total. The summed E-state index contributed by atoms with van der Waals surface area (Å²) >= 11 is 2.91. The molecule has 0 aliphatic heterocycles. The number of alkyl halides is 3. The van der Waals surface area contributed by atoms with Crippen molar-refractivity contribution in [2.45, 2.75) is 39.0 Å². The van der Waals surface area contributed by atoms with Crippen molar-refractivity contribution < 1.29 is 18.0 Å². The van der Waals surface area contributed by atoms with Gasteiger partial charge in [-0.1, -0.05) is 30.3 Å². The Morgan fingerprint density at radius 2 is 1.96 bits per heavy atom. The molecule has 1 heterocycles. The molecular formula is C16H17BrF3N3O. The van der Waals surface area contributed by atoms with Gasteiger partial charge in [0.15, 0.2) is 5.69 Å². The van der Waals surface area contributed by atoms with Gasteiger partial charge in [-0.05, 0) is 35.3 Å². The molecule has 1 atom stereocenters. The largest absolute Gasteiger partial charge is 0.436 e. The minimum Gasteiger partial charge on any atom is -0.350 e. The second-order valence-corrected chi connectivity index (χ2v) is 6.21. The molecule has 0 bridgehead atoms. The maximum atomic E-state index is 12.8. The number of nitrogens with one attached hydrogen (secondary N) is 1. The lowest BCUT2D eigenvalue weighted by Gasteiger charge is -2.14. The van der Waals surface area contributed by atoms with Crippen LogP contribution in [0.3, 0.4) is 0 Å². The summed E-state index contributed by atoms with van der Waals surface area (Å²) in [5.74, 6) is -0.245. The van der Waals surface area contributed by atoms with Crippen LogP contribution in [-0.2, 0) is 17.5 Å². The number of benzene rings is 1. The van der Waals surface area contributed by atoms with Gasteiger partial charge in [-0.2, -0.15) is 18.3 Å². The molecule has 0 saturated carbocycles. The van der Waals surface area contributed by atoms with Crippen LogP contribution < -0.4 is 5.32 Å². The van der Waals surface area contributed by atoms with E-state index in [9.17, 15) is 18.0 Å². The van der Waals surface area contributed by atoms with Crippen LogP contribution in [0.2, 0.25) is 0 Å². The average Bonchev–Trinajstić information content (AvgIpc) is 2.82. The maximum absolute atomic E-state index is 12.8. The number of aromatic nitrogens is 2. The average molecular weight is 404 g/mol. The zero-order valence-electron chi connectivity index (χ0n) is 13.2. The molecule has 8 heteroatoms. The SMILES string of the molecule is Cc1c(Br)c(C(F)(F)F)nn1CCC(=O)NC(C)c1ccccc1. The summed E-state index contributed by atoms with van der Waals surface area (Å²) in [6.45, 7) is 3.45. The van der Waals surface area contributed by atoms with E-state index in [1.165, 1.54) is 11.6 Å². The van der Waals surface area contributed by atoms with E-state index in [1.54, 1.807) is 0 Å². The van der Waals surface area contributed by atoms with Crippen LogP contribution in [0.5, 0.6) is 0 Å². The summed E-state index contributed by atoms with van der Waals surface area (Å²) in [6.07, 6.45) is -4.48. The lowest BCUT2D eigenvalue weighted by atomic mass is 10.1. The first-order valence-electron chi connectivity index (χ1n) is 7.34. The van der Waals surface area contributed by atoms with Gasteiger partial charge in [0.25, 0.3) is 0 Å². The van der Waals surface area contributed by atoms with Crippen LogP contribution in [0.4, 0.5) is 13.2 Å². The summed E-state index contributed by atoms with van der Waals surface area (Å²) < 4.78 is 39.6. The number of nitrogens with zero attached hydrogens (tertiary/aromatic N) is 2. The zero-order valence-corrected chi connectivity index (χ0v) is 14.8. The van der Waals surface area contributed by atoms with Crippen molar-refractivity contribution >= 4 is 21.8 Å². The molecule has 0 aliphatic carbocycles. The first-order valence-corrected chi connectivity index (χ1v) is 8.14. The molecule has 1 amide bonds. The predicted molar refractivity (Wildman–Crippen MR) is 87.3 cm³/mol. The second-order valence-electron chi connectivity index (χ2n) is 5.42. The van der Waals surface area contributed by atoms with E-state index in [2.05, 4.69) is 26.3 Å². The second kappa shape index (κ2) is 7.38. The van der Waals surface area contributed by atoms with E-state index < -0.39 is 11.9 Å². The van der Waals surface area contributed by atoms with E-state index in [4.69, 9.17) is 0 Å². The minimum atomic E-state index is -4.53. The van der Waals surface area contributed by atoms with Crippen molar-refractivity contribution in [2.24, 2.45) is 0 Å². The van der Waals surface area contributed by atoms with Crippen molar-refractivity contribution in [1.82, 2.24) is 15.1 Å². The molecule has 0 fully saturated rings. The van der Waals surface area contributed by atoms with Gasteiger partial charge in [0.2, 0.25) is 5.91 Å². The Morgan fingerprint density at radius 1 is 1.33 bits per heavy atom. The number of carbonyl (C=O) groups excluding carboxylic acids is 1. The fraction of sp³-hybridized carbons (Fsp3) is 0.375. The van der Waals surface area contributed by atoms with Gasteiger partial charge in [0.05, 0.1) is 22.8 Å². The molecule has 0 radical (unpaired) electrons. The topological polar surface area (TPSA) is 46.9 Å². The van der Waals surface area contributed by atoms with Gasteiger partial charge < -0.3 is 5.32 Å². The Kier molecular flexibility index (Phi) is 5.69. The summed E-state index contributed by atoms with van der Waals surface area (Å²) in [7, 11) is 0. The van der Waals surface area contributed by atoms with E-state index >= 15 is 0 Å². The molecule has 130 valence electrons. The first-order chi connectivity index (χ1) is 11.2. The number of carbonyl (C=O) groups is 1. The van der Waals surface area contributed by atoms with Crippen LogP contribution >= 0.6 is 15.9 Å². The Hall–Kier alpha value is -1.83. The summed E-state index contributed by atoms with van der Waals surface area (Å²) in [6, 6.07) is 9.26.